The summed E-state index contributed by atoms with van der Waals surface area (Å²) in [5.41, 5.74) is 0. The summed E-state index contributed by atoms with van der Waals surface area (Å²) in [6, 6.07) is 4.41. The summed E-state index contributed by atoms with van der Waals surface area (Å²) in [5, 5.41) is 8.17. The van der Waals surface area contributed by atoms with E-state index in [0.29, 0.717) is 12.1 Å². The lowest BCUT2D eigenvalue weighted by Gasteiger charge is -2.28. The zero-order valence-corrected chi connectivity index (χ0v) is 11.2. The number of hydrogen-bond acceptors (Lipinski definition) is 5. The molecule has 1 atom stereocenters. The van der Waals surface area contributed by atoms with Crippen molar-refractivity contribution < 1.29 is 9.47 Å². The summed E-state index contributed by atoms with van der Waals surface area (Å²) in [6.45, 7) is 3.52. The second-order valence-corrected chi connectivity index (χ2v) is 5.22. The van der Waals surface area contributed by atoms with Crippen molar-refractivity contribution in [3.05, 3.63) is 18.3 Å². The maximum atomic E-state index is 6.05. The molecule has 0 spiro atoms. The second kappa shape index (κ2) is 6.30. The van der Waals surface area contributed by atoms with E-state index in [1.54, 1.807) is 6.20 Å². The Morgan fingerprint density at radius 1 is 1.32 bits per heavy atom. The Labute approximate surface area is 113 Å². The van der Waals surface area contributed by atoms with E-state index in [2.05, 4.69) is 15.1 Å². The third-order valence-corrected chi connectivity index (χ3v) is 3.92. The molecule has 3 rings (SSSR count). The summed E-state index contributed by atoms with van der Waals surface area (Å²) in [6.07, 6.45) is 6.53. The molecule has 3 heterocycles. The van der Waals surface area contributed by atoms with Crippen molar-refractivity contribution in [2.45, 2.75) is 37.8 Å². The van der Waals surface area contributed by atoms with Crippen molar-refractivity contribution in [2.75, 3.05) is 31.3 Å². The average molecular weight is 263 g/mol. The maximum Gasteiger partial charge on any atom is 0.151 e. The molecule has 5 nitrogen and oxygen atoms in total. The molecule has 0 bridgehead atoms. The van der Waals surface area contributed by atoms with Crippen LogP contribution in [-0.4, -0.2) is 48.7 Å². The van der Waals surface area contributed by atoms with Crippen LogP contribution >= 0.6 is 0 Å². The minimum absolute atomic E-state index is 0.373. The molecule has 19 heavy (non-hydrogen) atoms. The first-order valence-electron chi connectivity index (χ1n) is 7.17. The lowest BCUT2D eigenvalue weighted by Crippen LogP contribution is -2.36. The van der Waals surface area contributed by atoms with Gasteiger partial charge in [-0.05, 0) is 37.8 Å². The first kappa shape index (κ1) is 12.8. The lowest BCUT2D eigenvalue weighted by atomic mass is 10.1. The fourth-order valence-electron chi connectivity index (χ4n) is 2.85. The van der Waals surface area contributed by atoms with Gasteiger partial charge in [0.15, 0.2) is 5.82 Å². The first-order valence-corrected chi connectivity index (χ1v) is 7.17. The molecule has 2 saturated heterocycles. The molecule has 0 aliphatic carbocycles. The smallest absolute Gasteiger partial charge is 0.151 e. The Hall–Kier alpha value is -1.20. The van der Waals surface area contributed by atoms with E-state index in [4.69, 9.17) is 9.47 Å². The summed E-state index contributed by atoms with van der Waals surface area (Å²) >= 11 is 0. The van der Waals surface area contributed by atoms with Gasteiger partial charge in [0.05, 0.1) is 18.8 Å². The molecule has 0 N–H and O–H groups in total. The van der Waals surface area contributed by atoms with Gasteiger partial charge in [-0.3, -0.25) is 0 Å². The molecule has 2 aliphatic heterocycles. The molecule has 0 unspecified atom stereocenters. The van der Waals surface area contributed by atoms with Crippen molar-refractivity contribution in [1.29, 1.82) is 0 Å². The molecule has 0 saturated carbocycles. The summed E-state index contributed by atoms with van der Waals surface area (Å²) < 4.78 is 11.4. The zero-order valence-electron chi connectivity index (χ0n) is 11.2. The van der Waals surface area contributed by atoms with Gasteiger partial charge < -0.3 is 14.4 Å². The van der Waals surface area contributed by atoms with Crippen molar-refractivity contribution in [3.8, 4) is 0 Å². The Morgan fingerprint density at radius 2 is 2.21 bits per heavy atom. The maximum absolute atomic E-state index is 6.05. The first-order chi connectivity index (χ1) is 9.43. The molecule has 1 aromatic rings. The number of hydrogen-bond donors (Lipinski definition) is 0. The van der Waals surface area contributed by atoms with Gasteiger partial charge >= 0.3 is 0 Å². The highest BCUT2D eigenvalue weighted by molar-refractivity contribution is 5.39. The van der Waals surface area contributed by atoms with E-state index in [-0.39, 0.29) is 0 Å². The van der Waals surface area contributed by atoms with Gasteiger partial charge in [-0.2, -0.15) is 5.10 Å². The zero-order chi connectivity index (χ0) is 12.9. The number of ether oxygens (including phenoxy) is 2. The van der Waals surface area contributed by atoms with Crippen LogP contribution < -0.4 is 4.90 Å². The van der Waals surface area contributed by atoms with E-state index >= 15 is 0 Å². The van der Waals surface area contributed by atoms with Crippen molar-refractivity contribution in [1.82, 2.24) is 10.2 Å². The fourth-order valence-corrected chi connectivity index (χ4v) is 2.85. The van der Waals surface area contributed by atoms with Gasteiger partial charge in [0.1, 0.15) is 0 Å². The molecule has 2 aliphatic rings. The van der Waals surface area contributed by atoms with Crippen LogP contribution in [0.5, 0.6) is 0 Å². The predicted molar refractivity (Wildman–Crippen MR) is 72.2 cm³/mol. The Morgan fingerprint density at radius 3 is 3.00 bits per heavy atom. The van der Waals surface area contributed by atoms with Gasteiger partial charge in [0.25, 0.3) is 0 Å². The molecule has 0 aromatic carbocycles. The van der Waals surface area contributed by atoms with Crippen LogP contribution in [0.25, 0.3) is 0 Å². The van der Waals surface area contributed by atoms with Crippen molar-refractivity contribution in [3.63, 3.8) is 0 Å². The summed E-state index contributed by atoms with van der Waals surface area (Å²) in [7, 11) is 0. The van der Waals surface area contributed by atoms with Crippen LogP contribution in [0.4, 0.5) is 5.82 Å². The molecule has 0 radical (unpaired) electrons. The van der Waals surface area contributed by atoms with E-state index < -0.39 is 0 Å². The van der Waals surface area contributed by atoms with Crippen LogP contribution in [-0.2, 0) is 9.47 Å². The normalized spacial score (nSPS) is 24.8. The highest BCUT2D eigenvalue weighted by Gasteiger charge is 2.27. The fraction of sp³-hybridized carbons (Fsp3) is 0.714. The van der Waals surface area contributed by atoms with Crippen LogP contribution in [0.1, 0.15) is 25.7 Å². The minimum Gasteiger partial charge on any atom is -0.381 e. The molecule has 1 aromatic heterocycles. The average Bonchev–Trinajstić information content (AvgIpc) is 2.95. The van der Waals surface area contributed by atoms with E-state index in [0.717, 1.165) is 45.0 Å². The molecular formula is C14H21N3O2. The van der Waals surface area contributed by atoms with E-state index in [1.165, 1.54) is 12.8 Å². The van der Waals surface area contributed by atoms with Crippen LogP contribution in [0, 0.1) is 0 Å². The third-order valence-electron chi connectivity index (χ3n) is 3.92. The summed E-state index contributed by atoms with van der Waals surface area (Å²) in [4.78, 5) is 2.33. The van der Waals surface area contributed by atoms with Gasteiger partial charge in [-0.15, -0.1) is 5.10 Å². The Bertz CT molecular complexity index is 382. The van der Waals surface area contributed by atoms with Crippen molar-refractivity contribution >= 4 is 5.82 Å². The summed E-state index contributed by atoms with van der Waals surface area (Å²) in [5.74, 6) is 0.973. The Kier molecular flexibility index (Phi) is 4.25. The molecular weight excluding hydrogens is 242 g/mol. The monoisotopic (exact) mass is 263 g/mol. The van der Waals surface area contributed by atoms with Crippen LogP contribution in [0.2, 0.25) is 0 Å². The van der Waals surface area contributed by atoms with Gasteiger partial charge in [0, 0.05) is 26.0 Å². The quantitative estimate of drug-likeness (QED) is 0.826. The number of anilines is 1. The standard InChI is InChI=1S/C14H21N3O2/c1-4-14(16-15-7-1)17-8-2-3-12(17)11-19-13-5-9-18-10-6-13/h1,4,7,12-13H,2-3,5-6,8-11H2/t12-/m0/s1. The van der Waals surface area contributed by atoms with Gasteiger partial charge in [-0.1, -0.05) is 0 Å². The van der Waals surface area contributed by atoms with Crippen LogP contribution in [0.3, 0.4) is 0 Å². The lowest BCUT2D eigenvalue weighted by molar-refractivity contribution is -0.0353. The Balaban J connectivity index is 1.54. The number of rotatable bonds is 4. The number of aromatic nitrogens is 2. The van der Waals surface area contributed by atoms with Crippen LogP contribution in [0.15, 0.2) is 18.3 Å². The molecule has 104 valence electrons. The molecule has 5 heteroatoms. The third kappa shape index (κ3) is 3.22. The topological polar surface area (TPSA) is 47.5 Å². The molecule has 0 amide bonds. The van der Waals surface area contributed by atoms with E-state index in [9.17, 15) is 0 Å². The van der Waals surface area contributed by atoms with E-state index in [1.807, 2.05) is 12.1 Å². The highest BCUT2D eigenvalue weighted by atomic mass is 16.5. The molecule has 2 fully saturated rings. The number of nitrogens with zero attached hydrogens (tertiary/aromatic N) is 3. The highest BCUT2D eigenvalue weighted by Crippen LogP contribution is 2.24. The van der Waals surface area contributed by atoms with Gasteiger partial charge in [-0.25, -0.2) is 0 Å². The predicted octanol–water partition coefficient (Wildman–Crippen LogP) is 1.64. The second-order valence-electron chi connectivity index (χ2n) is 5.22. The minimum atomic E-state index is 0.373. The van der Waals surface area contributed by atoms with Crippen molar-refractivity contribution in [2.24, 2.45) is 0 Å². The SMILES string of the molecule is c1cnnc(N2CCC[C@H]2COC2CCOCC2)c1. The largest absolute Gasteiger partial charge is 0.381 e. The van der Waals surface area contributed by atoms with Gasteiger partial charge in [0.2, 0.25) is 0 Å².